The molecule has 1 aliphatic heterocycles. The van der Waals surface area contributed by atoms with Gasteiger partial charge in [0, 0.05) is 57.1 Å². The first-order chi connectivity index (χ1) is 14.0. The summed E-state index contributed by atoms with van der Waals surface area (Å²) in [4.78, 5) is 32.0. The zero-order valence-corrected chi connectivity index (χ0v) is 16.9. The molecular formula is C21H25N5O3. The molecule has 2 amide bonds. The highest BCUT2D eigenvalue weighted by Crippen LogP contribution is 2.29. The van der Waals surface area contributed by atoms with Crippen molar-refractivity contribution in [2.24, 2.45) is 7.05 Å². The van der Waals surface area contributed by atoms with E-state index in [9.17, 15) is 9.59 Å². The van der Waals surface area contributed by atoms with Gasteiger partial charge in [0.2, 0.25) is 0 Å². The smallest absolute Gasteiger partial charge is 0.271 e. The topological polar surface area (TPSA) is 81.4 Å². The Kier molecular flexibility index (Phi) is 5.10. The Morgan fingerprint density at radius 1 is 1.24 bits per heavy atom. The second-order valence-corrected chi connectivity index (χ2v) is 7.27. The molecule has 1 N–H and O–H groups in total. The molecular weight excluding hydrogens is 370 g/mol. The van der Waals surface area contributed by atoms with Gasteiger partial charge < -0.3 is 24.1 Å². The maximum atomic E-state index is 13.3. The van der Waals surface area contributed by atoms with E-state index in [0.717, 1.165) is 16.7 Å². The number of carbonyl (C=O) groups is 2. The van der Waals surface area contributed by atoms with E-state index in [0.29, 0.717) is 37.5 Å². The fourth-order valence-corrected chi connectivity index (χ4v) is 3.90. The van der Waals surface area contributed by atoms with E-state index in [2.05, 4.69) is 10.3 Å². The van der Waals surface area contributed by atoms with E-state index in [4.69, 9.17) is 4.74 Å². The standard InChI is InChI=1S/C21H25N5O3/c1-14-19-23-17(20(27)22-8-11-29-3)13-25(19)9-10-26(14)21(28)16-12-24(2)18-7-5-4-6-15(16)18/h4-7,12-14H,8-11H2,1-3H3,(H,22,27)/t14-/m0/s1. The molecule has 0 radical (unpaired) electrons. The minimum absolute atomic E-state index is 0.0188. The van der Waals surface area contributed by atoms with Gasteiger partial charge in [-0.3, -0.25) is 9.59 Å². The number of hydrogen-bond donors (Lipinski definition) is 1. The summed E-state index contributed by atoms with van der Waals surface area (Å²) < 4.78 is 8.89. The molecule has 0 aliphatic carbocycles. The van der Waals surface area contributed by atoms with Crippen LogP contribution in [-0.2, 0) is 18.3 Å². The predicted molar refractivity (Wildman–Crippen MR) is 109 cm³/mol. The number of methoxy groups -OCH3 is 1. The van der Waals surface area contributed by atoms with Gasteiger partial charge in [0.25, 0.3) is 11.8 Å². The molecule has 0 spiro atoms. The summed E-state index contributed by atoms with van der Waals surface area (Å²) >= 11 is 0. The molecule has 8 nitrogen and oxygen atoms in total. The van der Waals surface area contributed by atoms with Crippen LogP contribution in [0, 0.1) is 0 Å². The molecule has 3 heterocycles. The summed E-state index contributed by atoms with van der Waals surface area (Å²) in [6.45, 7) is 4.00. The lowest BCUT2D eigenvalue weighted by molar-refractivity contribution is 0.0639. The van der Waals surface area contributed by atoms with Crippen molar-refractivity contribution in [1.29, 1.82) is 0 Å². The van der Waals surface area contributed by atoms with Crippen LogP contribution < -0.4 is 5.32 Å². The van der Waals surface area contributed by atoms with Crippen molar-refractivity contribution in [2.75, 3.05) is 26.8 Å². The van der Waals surface area contributed by atoms with E-state index >= 15 is 0 Å². The van der Waals surface area contributed by atoms with Crippen LogP contribution in [0.25, 0.3) is 10.9 Å². The Morgan fingerprint density at radius 3 is 2.83 bits per heavy atom. The molecule has 8 heteroatoms. The van der Waals surface area contributed by atoms with Crippen LogP contribution in [0.15, 0.2) is 36.7 Å². The Balaban J connectivity index is 1.58. The summed E-state index contributed by atoms with van der Waals surface area (Å²) in [7, 11) is 3.53. The van der Waals surface area contributed by atoms with Crippen LogP contribution >= 0.6 is 0 Å². The summed E-state index contributed by atoms with van der Waals surface area (Å²) in [5, 5.41) is 3.73. The highest BCUT2D eigenvalue weighted by molar-refractivity contribution is 6.07. The van der Waals surface area contributed by atoms with Crippen molar-refractivity contribution in [3.63, 3.8) is 0 Å². The third-order valence-electron chi connectivity index (χ3n) is 5.44. The van der Waals surface area contributed by atoms with Gasteiger partial charge in [0.1, 0.15) is 11.5 Å². The number of aromatic nitrogens is 3. The molecule has 4 rings (SSSR count). The number of nitrogens with one attached hydrogen (secondary N) is 1. The second kappa shape index (κ2) is 7.71. The summed E-state index contributed by atoms with van der Waals surface area (Å²) in [5.74, 6) is 0.472. The number of ether oxygens (including phenoxy) is 1. The molecule has 1 atom stereocenters. The molecule has 1 aliphatic rings. The Morgan fingerprint density at radius 2 is 2.03 bits per heavy atom. The number of fused-ring (bicyclic) bond motifs is 2. The van der Waals surface area contributed by atoms with Gasteiger partial charge in [0.05, 0.1) is 18.2 Å². The number of amides is 2. The third kappa shape index (κ3) is 3.40. The monoisotopic (exact) mass is 395 g/mol. The number of aryl methyl sites for hydroxylation is 1. The molecule has 3 aromatic rings. The van der Waals surface area contributed by atoms with Gasteiger partial charge in [-0.05, 0) is 13.0 Å². The van der Waals surface area contributed by atoms with E-state index in [1.54, 1.807) is 13.3 Å². The van der Waals surface area contributed by atoms with Crippen LogP contribution in [0.4, 0.5) is 0 Å². The molecule has 2 aromatic heterocycles. The fraction of sp³-hybridized carbons (Fsp3) is 0.381. The average Bonchev–Trinajstić information content (AvgIpc) is 3.31. The lowest BCUT2D eigenvalue weighted by Crippen LogP contribution is -2.41. The average molecular weight is 395 g/mol. The molecule has 0 fully saturated rings. The van der Waals surface area contributed by atoms with E-state index in [-0.39, 0.29) is 17.9 Å². The molecule has 1 aromatic carbocycles. The highest BCUT2D eigenvalue weighted by atomic mass is 16.5. The second-order valence-electron chi connectivity index (χ2n) is 7.27. The quantitative estimate of drug-likeness (QED) is 0.670. The zero-order valence-electron chi connectivity index (χ0n) is 16.9. The lowest BCUT2D eigenvalue weighted by Gasteiger charge is -2.33. The van der Waals surface area contributed by atoms with E-state index in [1.807, 2.05) is 58.5 Å². The number of nitrogens with zero attached hydrogens (tertiary/aromatic N) is 4. The molecule has 0 bridgehead atoms. The van der Waals surface area contributed by atoms with E-state index < -0.39 is 0 Å². The molecule has 152 valence electrons. The van der Waals surface area contributed by atoms with Crippen LogP contribution in [-0.4, -0.2) is 57.6 Å². The first-order valence-corrected chi connectivity index (χ1v) is 9.70. The van der Waals surface area contributed by atoms with Crippen LogP contribution in [0.5, 0.6) is 0 Å². The van der Waals surface area contributed by atoms with Crippen molar-refractivity contribution in [1.82, 2.24) is 24.3 Å². The molecule has 29 heavy (non-hydrogen) atoms. The Hall–Kier alpha value is -3.13. The Bertz CT molecular complexity index is 1070. The summed E-state index contributed by atoms with van der Waals surface area (Å²) in [6.07, 6.45) is 3.64. The van der Waals surface area contributed by atoms with Gasteiger partial charge in [-0.25, -0.2) is 4.98 Å². The maximum absolute atomic E-state index is 13.3. The van der Waals surface area contributed by atoms with Gasteiger partial charge in [-0.2, -0.15) is 0 Å². The number of imidazole rings is 1. The van der Waals surface area contributed by atoms with Crippen molar-refractivity contribution < 1.29 is 14.3 Å². The molecule has 0 unspecified atom stereocenters. The maximum Gasteiger partial charge on any atom is 0.271 e. The predicted octanol–water partition coefficient (Wildman–Crippen LogP) is 1.97. The van der Waals surface area contributed by atoms with Crippen LogP contribution in [0.1, 0.15) is 39.6 Å². The first kappa shape index (κ1) is 19.2. The third-order valence-corrected chi connectivity index (χ3v) is 5.44. The van der Waals surface area contributed by atoms with Crippen LogP contribution in [0.3, 0.4) is 0 Å². The largest absolute Gasteiger partial charge is 0.383 e. The minimum atomic E-state index is -0.233. The number of carbonyl (C=O) groups excluding carboxylic acids is 2. The van der Waals surface area contributed by atoms with Crippen molar-refractivity contribution in [3.05, 3.63) is 53.7 Å². The summed E-state index contributed by atoms with van der Waals surface area (Å²) in [6, 6.07) is 7.67. The number of para-hydroxylation sites is 1. The lowest BCUT2D eigenvalue weighted by atomic mass is 10.1. The van der Waals surface area contributed by atoms with Crippen molar-refractivity contribution >= 4 is 22.7 Å². The van der Waals surface area contributed by atoms with E-state index in [1.165, 1.54) is 0 Å². The van der Waals surface area contributed by atoms with Gasteiger partial charge in [0.15, 0.2) is 0 Å². The van der Waals surface area contributed by atoms with Gasteiger partial charge in [-0.1, -0.05) is 18.2 Å². The minimum Gasteiger partial charge on any atom is -0.383 e. The van der Waals surface area contributed by atoms with Crippen molar-refractivity contribution in [2.45, 2.75) is 19.5 Å². The SMILES string of the molecule is COCCNC(=O)c1cn2c(n1)[C@H](C)N(C(=O)c1cn(C)c3ccccc13)CC2. The fourth-order valence-electron chi connectivity index (χ4n) is 3.90. The Labute approximate surface area is 169 Å². The number of rotatable bonds is 5. The number of hydrogen-bond acceptors (Lipinski definition) is 4. The highest BCUT2D eigenvalue weighted by Gasteiger charge is 2.32. The normalized spacial score (nSPS) is 16.1. The summed E-state index contributed by atoms with van der Waals surface area (Å²) in [5.41, 5.74) is 2.08. The first-order valence-electron chi connectivity index (χ1n) is 9.70. The molecule has 0 saturated carbocycles. The van der Waals surface area contributed by atoms with Crippen molar-refractivity contribution in [3.8, 4) is 0 Å². The van der Waals surface area contributed by atoms with Crippen LogP contribution in [0.2, 0.25) is 0 Å². The van der Waals surface area contributed by atoms with Gasteiger partial charge in [-0.15, -0.1) is 0 Å². The molecule has 0 saturated heterocycles. The number of benzene rings is 1. The van der Waals surface area contributed by atoms with Gasteiger partial charge >= 0.3 is 0 Å². The zero-order chi connectivity index (χ0) is 20.5.